The van der Waals surface area contributed by atoms with E-state index in [0.29, 0.717) is 43.0 Å². The largest absolute Gasteiger partial charge is 0.370 e. The maximum atomic E-state index is 12.5. The number of nitrogens with two attached hydrogens (primary N) is 1. The first-order valence-electron chi connectivity index (χ1n) is 7.74. The SMILES string of the molecule is C=CCNC(N)=NCC1CCN(S(=O)(=O)c2ccccc2)CC1. The minimum absolute atomic E-state index is 0.356. The standard InChI is InChI=1S/C16H24N4O2S/c1-2-10-18-16(17)19-13-14-8-11-20(12-9-14)23(21,22)15-6-4-3-5-7-15/h2-7,14H,1,8-13H2,(H3,17,18,19). The Kier molecular flexibility index (Phi) is 6.18. The number of hydrogen-bond acceptors (Lipinski definition) is 3. The summed E-state index contributed by atoms with van der Waals surface area (Å²) in [6, 6.07) is 8.57. The van der Waals surface area contributed by atoms with Crippen molar-refractivity contribution in [1.29, 1.82) is 0 Å². The Hall–Kier alpha value is -1.86. The van der Waals surface area contributed by atoms with E-state index in [4.69, 9.17) is 5.73 Å². The lowest BCUT2D eigenvalue weighted by Crippen LogP contribution is -2.39. The molecule has 3 N–H and O–H groups in total. The lowest BCUT2D eigenvalue weighted by atomic mass is 9.98. The van der Waals surface area contributed by atoms with Crippen molar-refractivity contribution >= 4 is 16.0 Å². The molecule has 2 rings (SSSR count). The average molecular weight is 336 g/mol. The maximum Gasteiger partial charge on any atom is 0.243 e. The molecule has 1 saturated heterocycles. The Balaban J connectivity index is 1.88. The van der Waals surface area contributed by atoms with Crippen molar-refractivity contribution in [2.45, 2.75) is 17.7 Å². The summed E-state index contributed by atoms with van der Waals surface area (Å²) in [7, 11) is -3.38. The van der Waals surface area contributed by atoms with Crippen LogP contribution in [-0.2, 0) is 10.0 Å². The number of piperidine rings is 1. The van der Waals surface area contributed by atoms with E-state index in [-0.39, 0.29) is 0 Å². The first-order valence-corrected chi connectivity index (χ1v) is 9.18. The van der Waals surface area contributed by atoms with Crippen LogP contribution in [0.4, 0.5) is 0 Å². The summed E-state index contributed by atoms with van der Waals surface area (Å²) in [5.41, 5.74) is 5.73. The van der Waals surface area contributed by atoms with Crippen molar-refractivity contribution in [3.05, 3.63) is 43.0 Å². The molecule has 0 saturated carbocycles. The van der Waals surface area contributed by atoms with Crippen molar-refractivity contribution < 1.29 is 8.42 Å². The van der Waals surface area contributed by atoms with Crippen LogP contribution in [0, 0.1) is 5.92 Å². The molecule has 0 bridgehead atoms. The van der Waals surface area contributed by atoms with E-state index in [0.717, 1.165) is 12.8 Å². The van der Waals surface area contributed by atoms with Crippen molar-refractivity contribution in [3.63, 3.8) is 0 Å². The lowest BCUT2D eigenvalue weighted by Gasteiger charge is -2.30. The van der Waals surface area contributed by atoms with Gasteiger partial charge in [0, 0.05) is 26.2 Å². The molecule has 0 aromatic heterocycles. The Bertz CT molecular complexity index is 635. The summed E-state index contributed by atoms with van der Waals surface area (Å²) in [4.78, 5) is 4.65. The second kappa shape index (κ2) is 8.12. The number of aliphatic imine (C=N–C) groups is 1. The molecule has 7 heteroatoms. The van der Waals surface area contributed by atoms with Gasteiger partial charge in [-0.2, -0.15) is 4.31 Å². The Morgan fingerprint density at radius 1 is 1.35 bits per heavy atom. The van der Waals surface area contributed by atoms with Gasteiger partial charge in [-0.25, -0.2) is 8.42 Å². The quantitative estimate of drug-likeness (QED) is 0.464. The zero-order valence-corrected chi connectivity index (χ0v) is 14.0. The zero-order valence-electron chi connectivity index (χ0n) is 13.2. The molecule has 126 valence electrons. The van der Waals surface area contributed by atoms with Crippen LogP contribution < -0.4 is 11.1 Å². The van der Waals surface area contributed by atoms with Gasteiger partial charge in [0.1, 0.15) is 0 Å². The van der Waals surface area contributed by atoms with E-state index < -0.39 is 10.0 Å². The highest BCUT2D eigenvalue weighted by molar-refractivity contribution is 7.89. The highest BCUT2D eigenvalue weighted by Crippen LogP contribution is 2.23. The van der Waals surface area contributed by atoms with Crippen LogP contribution in [0.2, 0.25) is 0 Å². The van der Waals surface area contributed by atoms with Gasteiger partial charge >= 0.3 is 0 Å². The van der Waals surface area contributed by atoms with Gasteiger partial charge in [0.2, 0.25) is 10.0 Å². The number of nitrogens with zero attached hydrogens (tertiary/aromatic N) is 2. The fourth-order valence-corrected chi connectivity index (χ4v) is 4.02. The predicted molar refractivity (Wildman–Crippen MR) is 92.6 cm³/mol. The van der Waals surface area contributed by atoms with E-state index >= 15 is 0 Å². The van der Waals surface area contributed by atoms with E-state index in [9.17, 15) is 8.42 Å². The molecule has 1 aliphatic heterocycles. The first-order chi connectivity index (χ1) is 11.0. The van der Waals surface area contributed by atoms with E-state index in [1.807, 2.05) is 6.07 Å². The smallest absolute Gasteiger partial charge is 0.243 e. The average Bonchev–Trinajstić information content (AvgIpc) is 2.59. The van der Waals surface area contributed by atoms with Crippen LogP contribution in [0.15, 0.2) is 52.9 Å². The van der Waals surface area contributed by atoms with Crippen LogP contribution in [0.3, 0.4) is 0 Å². The van der Waals surface area contributed by atoms with Crippen molar-refractivity contribution in [3.8, 4) is 0 Å². The minimum atomic E-state index is -3.38. The number of nitrogens with one attached hydrogen (secondary N) is 1. The third-order valence-electron chi connectivity index (χ3n) is 3.90. The maximum absolute atomic E-state index is 12.5. The molecule has 0 radical (unpaired) electrons. The molecule has 1 aromatic carbocycles. The molecule has 1 heterocycles. The lowest BCUT2D eigenvalue weighted by molar-refractivity contribution is 0.279. The van der Waals surface area contributed by atoms with E-state index in [1.165, 1.54) is 0 Å². The Labute approximate surface area is 138 Å². The van der Waals surface area contributed by atoms with Gasteiger partial charge in [-0.05, 0) is 30.9 Å². The van der Waals surface area contributed by atoms with Gasteiger partial charge in [0.05, 0.1) is 4.90 Å². The molecule has 6 nitrogen and oxygen atoms in total. The van der Waals surface area contributed by atoms with Gasteiger partial charge < -0.3 is 11.1 Å². The second-order valence-corrected chi connectivity index (χ2v) is 7.49. The Morgan fingerprint density at radius 3 is 2.61 bits per heavy atom. The van der Waals surface area contributed by atoms with Crippen LogP contribution in [0.1, 0.15) is 12.8 Å². The minimum Gasteiger partial charge on any atom is -0.370 e. The summed E-state index contributed by atoms with van der Waals surface area (Å²) in [6.07, 6.45) is 3.31. The molecule has 0 unspecified atom stereocenters. The molecular formula is C16H24N4O2S. The van der Waals surface area contributed by atoms with Gasteiger partial charge in [-0.3, -0.25) is 4.99 Å². The third kappa shape index (κ3) is 4.80. The monoisotopic (exact) mass is 336 g/mol. The summed E-state index contributed by atoms with van der Waals surface area (Å²) in [5.74, 6) is 0.769. The molecule has 23 heavy (non-hydrogen) atoms. The first kappa shape index (κ1) is 17.5. The van der Waals surface area contributed by atoms with Crippen LogP contribution in [0.25, 0.3) is 0 Å². The topological polar surface area (TPSA) is 87.8 Å². The van der Waals surface area contributed by atoms with Gasteiger partial charge in [-0.1, -0.05) is 24.3 Å². The van der Waals surface area contributed by atoms with Gasteiger partial charge in [0.25, 0.3) is 0 Å². The summed E-state index contributed by atoms with van der Waals surface area (Å²) < 4.78 is 26.6. The predicted octanol–water partition coefficient (Wildman–Crippen LogP) is 1.18. The molecule has 0 atom stereocenters. The number of hydrogen-bond donors (Lipinski definition) is 2. The Morgan fingerprint density at radius 2 is 2.00 bits per heavy atom. The normalized spacial score (nSPS) is 17.8. The molecule has 0 amide bonds. The van der Waals surface area contributed by atoms with Gasteiger partial charge in [-0.15, -0.1) is 6.58 Å². The summed E-state index contributed by atoms with van der Waals surface area (Å²) in [6.45, 7) is 5.86. The molecule has 1 aromatic rings. The van der Waals surface area contributed by atoms with Crippen molar-refractivity contribution in [1.82, 2.24) is 9.62 Å². The van der Waals surface area contributed by atoms with Crippen molar-refractivity contribution in [2.75, 3.05) is 26.2 Å². The zero-order chi connectivity index (χ0) is 16.7. The van der Waals surface area contributed by atoms with E-state index in [2.05, 4.69) is 16.9 Å². The number of sulfonamides is 1. The summed E-state index contributed by atoms with van der Waals surface area (Å²) in [5, 5.41) is 2.93. The fraction of sp³-hybridized carbons (Fsp3) is 0.438. The van der Waals surface area contributed by atoms with E-state index in [1.54, 1.807) is 34.6 Å². The molecule has 0 spiro atoms. The highest BCUT2D eigenvalue weighted by Gasteiger charge is 2.29. The number of rotatable bonds is 6. The van der Waals surface area contributed by atoms with Crippen LogP contribution in [-0.4, -0.2) is 44.9 Å². The highest BCUT2D eigenvalue weighted by atomic mass is 32.2. The number of benzene rings is 1. The summed E-state index contributed by atoms with van der Waals surface area (Å²) >= 11 is 0. The molecule has 0 aliphatic carbocycles. The molecular weight excluding hydrogens is 312 g/mol. The van der Waals surface area contributed by atoms with Gasteiger partial charge in [0.15, 0.2) is 5.96 Å². The number of guanidine groups is 1. The molecule has 1 fully saturated rings. The van der Waals surface area contributed by atoms with Crippen molar-refractivity contribution in [2.24, 2.45) is 16.6 Å². The fourth-order valence-electron chi connectivity index (χ4n) is 2.53. The molecule has 1 aliphatic rings. The van der Waals surface area contributed by atoms with Crippen LogP contribution >= 0.6 is 0 Å². The second-order valence-electron chi connectivity index (χ2n) is 5.56. The third-order valence-corrected chi connectivity index (χ3v) is 5.81. The van der Waals surface area contributed by atoms with Crippen LogP contribution in [0.5, 0.6) is 0 Å².